The van der Waals surface area contributed by atoms with Crippen molar-refractivity contribution >= 4 is 11.4 Å². The fourth-order valence-corrected chi connectivity index (χ4v) is 2.59. The third-order valence-electron chi connectivity index (χ3n) is 4.11. The molecule has 1 saturated carbocycles. The molecule has 4 rings (SSSR count). The average molecular weight is 305 g/mol. The number of nitrogens with two attached hydrogens (primary N) is 1. The number of nitrogen functional groups attached to an aromatic ring is 1. The quantitative estimate of drug-likeness (QED) is 0.725. The van der Waals surface area contributed by atoms with Gasteiger partial charge in [0.2, 0.25) is 0 Å². The Morgan fingerprint density at radius 2 is 1.91 bits per heavy atom. The number of aromatic nitrogens is 3. The molecule has 1 aliphatic carbocycles. The SMILES string of the molecule is Cc1ccc(-n2cnnc2-c2ccc(N)c(NC3CC3)c2)cc1. The second-order valence-electron chi connectivity index (χ2n) is 6.08. The van der Waals surface area contributed by atoms with Crippen molar-refractivity contribution < 1.29 is 0 Å². The summed E-state index contributed by atoms with van der Waals surface area (Å²) in [5.74, 6) is 0.813. The van der Waals surface area contributed by atoms with Crippen molar-refractivity contribution in [3.63, 3.8) is 0 Å². The Balaban J connectivity index is 1.73. The summed E-state index contributed by atoms with van der Waals surface area (Å²) in [7, 11) is 0. The zero-order valence-corrected chi connectivity index (χ0v) is 13.0. The van der Waals surface area contributed by atoms with Crippen molar-refractivity contribution in [2.45, 2.75) is 25.8 Å². The highest BCUT2D eigenvalue weighted by Gasteiger charge is 2.22. The van der Waals surface area contributed by atoms with Crippen LogP contribution in [0, 0.1) is 6.92 Å². The number of benzene rings is 2. The molecule has 0 bridgehead atoms. The maximum absolute atomic E-state index is 6.08. The molecule has 0 aliphatic heterocycles. The summed E-state index contributed by atoms with van der Waals surface area (Å²) < 4.78 is 1.99. The minimum Gasteiger partial charge on any atom is -0.397 e. The lowest BCUT2D eigenvalue weighted by Gasteiger charge is -2.11. The highest BCUT2D eigenvalue weighted by Crippen LogP contribution is 2.31. The van der Waals surface area contributed by atoms with Gasteiger partial charge in [0.05, 0.1) is 11.4 Å². The molecule has 0 atom stereocenters. The van der Waals surface area contributed by atoms with Gasteiger partial charge in [-0.15, -0.1) is 10.2 Å². The van der Waals surface area contributed by atoms with Gasteiger partial charge in [-0.25, -0.2) is 0 Å². The van der Waals surface area contributed by atoms with E-state index >= 15 is 0 Å². The molecule has 3 N–H and O–H groups in total. The van der Waals surface area contributed by atoms with Crippen LogP contribution in [0.2, 0.25) is 0 Å². The van der Waals surface area contributed by atoms with Gasteiger partial charge < -0.3 is 11.1 Å². The van der Waals surface area contributed by atoms with Gasteiger partial charge in [0.1, 0.15) is 6.33 Å². The van der Waals surface area contributed by atoms with E-state index in [1.54, 1.807) is 6.33 Å². The van der Waals surface area contributed by atoms with E-state index in [9.17, 15) is 0 Å². The fraction of sp³-hybridized carbons (Fsp3) is 0.222. The number of nitrogens with zero attached hydrogens (tertiary/aromatic N) is 3. The third-order valence-corrected chi connectivity index (χ3v) is 4.11. The molecule has 1 heterocycles. The molecule has 0 spiro atoms. The Morgan fingerprint density at radius 1 is 1.13 bits per heavy atom. The van der Waals surface area contributed by atoms with E-state index in [1.165, 1.54) is 18.4 Å². The van der Waals surface area contributed by atoms with E-state index in [4.69, 9.17) is 5.73 Å². The molecule has 0 saturated heterocycles. The molecule has 116 valence electrons. The number of anilines is 2. The number of aryl methyl sites for hydroxylation is 1. The van der Waals surface area contributed by atoms with Gasteiger partial charge in [0.15, 0.2) is 5.82 Å². The van der Waals surface area contributed by atoms with Crippen LogP contribution >= 0.6 is 0 Å². The zero-order valence-electron chi connectivity index (χ0n) is 13.0. The van der Waals surface area contributed by atoms with Crippen molar-refractivity contribution in [2.75, 3.05) is 11.1 Å². The van der Waals surface area contributed by atoms with Gasteiger partial charge in [-0.2, -0.15) is 0 Å². The highest BCUT2D eigenvalue weighted by atomic mass is 15.3. The van der Waals surface area contributed by atoms with Gasteiger partial charge in [-0.1, -0.05) is 17.7 Å². The van der Waals surface area contributed by atoms with Crippen LogP contribution in [0.25, 0.3) is 17.1 Å². The van der Waals surface area contributed by atoms with Crippen molar-refractivity contribution in [3.05, 3.63) is 54.4 Å². The Labute approximate surface area is 135 Å². The molecule has 1 aliphatic rings. The Hall–Kier alpha value is -2.82. The first-order chi connectivity index (χ1) is 11.2. The van der Waals surface area contributed by atoms with E-state index in [-0.39, 0.29) is 0 Å². The number of rotatable bonds is 4. The molecule has 0 unspecified atom stereocenters. The van der Waals surface area contributed by atoms with Crippen LogP contribution in [0.4, 0.5) is 11.4 Å². The van der Waals surface area contributed by atoms with E-state index in [1.807, 2.05) is 16.7 Å². The molecule has 0 radical (unpaired) electrons. The summed E-state index contributed by atoms with van der Waals surface area (Å²) in [4.78, 5) is 0. The largest absolute Gasteiger partial charge is 0.397 e. The molecule has 5 nitrogen and oxygen atoms in total. The molecule has 2 aromatic carbocycles. The van der Waals surface area contributed by atoms with Crippen LogP contribution in [0.1, 0.15) is 18.4 Å². The number of hydrogen-bond acceptors (Lipinski definition) is 4. The summed E-state index contributed by atoms with van der Waals surface area (Å²) in [5, 5.41) is 11.8. The maximum atomic E-state index is 6.08. The first-order valence-electron chi connectivity index (χ1n) is 7.84. The predicted molar refractivity (Wildman–Crippen MR) is 92.6 cm³/mol. The van der Waals surface area contributed by atoms with Crippen LogP contribution in [0.5, 0.6) is 0 Å². The fourth-order valence-electron chi connectivity index (χ4n) is 2.59. The van der Waals surface area contributed by atoms with Gasteiger partial charge >= 0.3 is 0 Å². The molecule has 3 aromatic rings. The lowest BCUT2D eigenvalue weighted by atomic mass is 10.1. The minimum atomic E-state index is 0.558. The Morgan fingerprint density at radius 3 is 2.65 bits per heavy atom. The summed E-state index contributed by atoms with van der Waals surface area (Å²) in [6, 6.07) is 14.8. The molecule has 1 fully saturated rings. The third kappa shape index (κ3) is 2.77. The van der Waals surface area contributed by atoms with E-state index in [0.717, 1.165) is 28.5 Å². The van der Waals surface area contributed by atoms with Gasteiger partial charge in [0.25, 0.3) is 0 Å². The minimum absolute atomic E-state index is 0.558. The van der Waals surface area contributed by atoms with Crippen LogP contribution in [0.3, 0.4) is 0 Å². The normalized spacial score (nSPS) is 14.0. The van der Waals surface area contributed by atoms with Crippen LogP contribution in [-0.4, -0.2) is 20.8 Å². The van der Waals surface area contributed by atoms with Crippen LogP contribution < -0.4 is 11.1 Å². The summed E-state index contributed by atoms with van der Waals surface area (Å²) in [6.45, 7) is 2.08. The molecule has 0 amide bonds. The highest BCUT2D eigenvalue weighted by molar-refractivity contribution is 5.74. The van der Waals surface area contributed by atoms with Crippen LogP contribution in [-0.2, 0) is 0 Å². The molecular formula is C18H19N5. The Kier molecular flexibility index (Phi) is 3.26. The van der Waals surface area contributed by atoms with Crippen LogP contribution in [0.15, 0.2) is 48.8 Å². The number of nitrogens with one attached hydrogen (secondary N) is 1. The Bertz CT molecular complexity index is 831. The predicted octanol–water partition coefficient (Wildman–Crippen LogP) is 3.40. The van der Waals surface area contributed by atoms with Gasteiger partial charge in [-0.05, 0) is 50.1 Å². The number of hydrogen-bond donors (Lipinski definition) is 2. The topological polar surface area (TPSA) is 68.8 Å². The maximum Gasteiger partial charge on any atom is 0.168 e. The smallest absolute Gasteiger partial charge is 0.168 e. The summed E-state index contributed by atoms with van der Waals surface area (Å²) in [5.41, 5.74) is 11.1. The monoisotopic (exact) mass is 305 g/mol. The van der Waals surface area contributed by atoms with Crippen molar-refractivity contribution in [1.82, 2.24) is 14.8 Å². The van der Waals surface area contributed by atoms with Gasteiger partial charge in [-0.3, -0.25) is 4.57 Å². The van der Waals surface area contributed by atoms with Gasteiger partial charge in [0, 0.05) is 17.3 Å². The van der Waals surface area contributed by atoms with E-state index in [0.29, 0.717) is 6.04 Å². The summed E-state index contributed by atoms with van der Waals surface area (Å²) in [6.07, 6.45) is 4.16. The van der Waals surface area contributed by atoms with Crippen molar-refractivity contribution in [3.8, 4) is 17.1 Å². The standard InChI is InChI=1S/C18H19N5/c1-12-2-7-15(8-3-12)23-11-20-22-18(23)13-4-9-16(19)17(10-13)21-14-5-6-14/h2-4,7-11,14,21H,5-6,19H2,1H3. The average Bonchev–Trinajstić information content (AvgIpc) is 3.23. The molecule has 5 heteroatoms. The second-order valence-corrected chi connectivity index (χ2v) is 6.08. The zero-order chi connectivity index (χ0) is 15.8. The molecular weight excluding hydrogens is 286 g/mol. The first-order valence-corrected chi connectivity index (χ1v) is 7.84. The van der Waals surface area contributed by atoms with E-state index < -0.39 is 0 Å². The summed E-state index contributed by atoms with van der Waals surface area (Å²) >= 11 is 0. The molecule has 23 heavy (non-hydrogen) atoms. The molecule has 1 aromatic heterocycles. The van der Waals surface area contributed by atoms with E-state index in [2.05, 4.69) is 52.8 Å². The van der Waals surface area contributed by atoms with Crippen molar-refractivity contribution in [1.29, 1.82) is 0 Å². The van der Waals surface area contributed by atoms with Crippen molar-refractivity contribution in [2.24, 2.45) is 0 Å². The first kappa shape index (κ1) is 13.8. The second kappa shape index (κ2) is 5.43. The lowest BCUT2D eigenvalue weighted by molar-refractivity contribution is 1.06. The lowest BCUT2D eigenvalue weighted by Crippen LogP contribution is -2.04.